The third-order valence-corrected chi connectivity index (χ3v) is 6.25. The van der Waals surface area contributed by atoms with Crippen LogP contribution in [0, 0.1) is 23.6 Å². The van der Waals surface area contributed by atoms with E-state index in [0.29, 0.717) is 19.6 Å². The van der Waals surface area contributed by atoms with Crippen molar-refractivity contribution in [2.24, 2.45) is 17.8 Å². The van der Waals surface area contributed by atoms with E-state index in [0.717, 1.165) is 24.8 Å². The number of carbonyl (C=O) groups excluding carboxylic acids is 2. The second-order valence-electron chi connectivity index (χ2n) is 8.12. The first-order chi connectivity index (χ1) is 12.5. The molecule has 140 valence electrons. The van der Waals surface area contributed by atoms with Crippen LogP contribution in [-0.4, -0.2) is 60.4 Å². The Labute approximate surface area is 153 Å². The number of likely N-dealkylation sites (tertiary alicyclic amines) is 2. The molecule has 0 aromatic heterocycles. The first-order valence-corrected chi connectivity index (χ1v) is 9.48. The Morgan fingerprint density at radius 1 is 1.15 bits per heavy atom. The van der Waals surface area contributed by atoms with E-state index in [-0.39, 0.29) is 41.6 Å². The van der Waals surface area contributed by atoms with Crippen LogP contribution in [0.3, 0.4) is 0 Å². The maximum atomic E-state index is 13.8. The molecule has 3 amide bonds. The van der Waals surface area contributed by atoms with Gasteiger partial charge >= 0.3 is 6.03 Å². The zero-order valence-corrected chi connectivity index (χ0v) is 15.4. The molecule has 0 bridgehead atoms. The van der Waals surface area contributed by atoms with Gasteiger partial charge in [0.2, 0.25) is 5.91 Å². The lowest BCUT2D eigenvalue weighted by atomic mass is 9.84. The van der Waals surface area contributed by atoms with Gasteiger partial charge in [-0.1, -0.05) is 18.6 Å². The molecule has 0 N–H and O–H groups in total. The third-order valence-electron chi connectivity index (χ3n) is 6.25. The van der Waals surface area contributed by atoms with Gasteiger partial charge in [-0.05, 0) is 30.5 Å². The normalized spacial score (nSPS) is 28.0. The lowest BCUT2D eigenvalue weighted by Crippen LogP contribution is -2.43. The zero-order valence-electron chi connectivity index (χ0n) is 15.4. The van der Waals surface area contributed by atoms with Crippen LogP contribution in [-0.2, 0) is 4.79 Å². The summed E-state index contributed by atoms with van der Waals surface area (Å²) in [6.45, 7) is 2.00. The van der Waals surface area contributed by atoms with Crippen molar-refractivity contribution < 1.29 is 14.0 Å². The Kier molecular flexibility index (Phi) is 4.37. The summed E-state index contributed by atoms with van der Waals surface area (Å²) in [6.07, 6.45) is 3.15. The Bertz CT molecular complexity index is 719. The fourth-order valence-corrected chi connectivity index (χ4v) is 4.71. The third kappa shape index (κ3) is 2.85. The van der Waals surface area contributed by atoms with Crippen molar-refractivity contribution in [2.45, 2.75) is 25.3 Å². The second kappa shape index (κ2) is 6.56. The first kappa shape index (κ1) is 17.3. The highest BCUT2D eigenvalue weighted by Gasteiger charge is 2.51. The predicted molar refractivity (Wildman–Crippen MR) is 95.8 cm³/mol. The largest absolute Gasteiger partial charge is 0.342 e. The van der Waals surface area contributed by atoms with Crippen molar-refractivity contribution in [2.75, 3.05) is 33.7 Å². The summed E-state index contributed by atoms with van der Waals surface area (Å²) in [4.78, 5) is 30.8. The molecule has 1 aromatic rings. The van der Waals surface area contributed by atoms with Crippen LogP contribution < -0.4 is 0 Å². The summed E-state index contributed by atoms with van der Waals surface area (Å²) >= 11 is 0. The molecule has 3 fully saturated rings. The van der Waals surface area contributed by atoms with Gasteiger partial charge in [0.15, 0.2) is 0 Å². The standard InChI is InChI=1S/C20H26FN3O2/c1-22(2)20(26)24-11-15-10-23(19(25)13-5-3-6-13)12-17(15)18(24)14-7-4-8-16(21)9-14/h4,7-9,13,15,17-18H,3,5-6,10-12H2,1-2H3/t15-,17-,18+/m1/s1. The molecule has 6 heteroatoms. The minimum Gasteiger partial charge on any atom is -0.342 e. The van der Waals surface area contributed by atoms with E-state index in [4.69, 9.17) is 0 Å². The number of rotatable bonds is 2. The van der Waals surface area contributed by atoms with Crippen LogP contribution in [0.1, 0.15) is 30.9 Å². The fraction of sp³-hybridized carbons (Fsp3) is 0.600. The highest BCUT2D eigenvalue weighted by Crippen LogP contribution is 2.46. The average molecular weight is 359 g/mol. The van der Waals surface area contributed by atoms with Gasteiger partial charge in [-0.2, -0.15) is 0 Å². The summed E-state index contributed by atoms with van der Waals surface area (Å²) < 4.78 is 13.8. The number of amides is 3. The lowest BCUT2D eigenvalue weighted by Gasteiger charge is -2.33. The van der Waals surface area contributed by atoms with Gasteiger partial charge in [0, 0.05) is 51.5 Å². The summed E-state index contributed by atoms with van der Waals surface area (Å²) in [5.74, 6) is 0.611. The number of fused-ring (bicyclic) bond motifs is 1. The van der Waals surface area contributed by atoms with Crippen molar-refractivity contribution in [3.8, 4) is 0 Å². The summed E-state index contributed by atoms with van der Waals surface area (Å²) in [7, 11) is 3.48. The molecule has 1 aliphatic carbocycles. The van der Waals surface area contributed by atoms with E-state index in [1.165, 1.54) is 12.1 Å². The van der Waals surface area contributed by atoms with Crippen molar-refractivity contribution >= 4 is 11.9 Å². The molecule has 5 nitrogen and oxygen atoms in total. The van der Waals surface area contributed by atoms with Gasteiger partial charge in [0.25, 0.3) is 0 Å². The summed E-state index contributed by atoms with van der Waals surface area (Å²) in [6, 6.07) is 6.31. The van der Waals surface area contributed by atoms with Crippen LogP contribution in [0.15, 0.2) is 24.3 Å². The Morgan fingerprint density at radius 3 is 2.54 bits per heavy atom. The molecule has 26 heavy (non-hydrogen) atoms. The minimum atomic E-state index is -0.288. The Morgan fingerprint density at radius 2 is 1.92 bits per heavy atom. The maximum absolute atomic E-state index is 13.8. The van der Waals surface area contributed by atoms with E-state index in [1.807, 2.05) is 15.9 Å². The van der Waals surface area contributed by atoms with Crippen LogP contribution in [0.2, 0.25) is 0 Å². The predicted octanol–water partition coefficient (Wildman–Crippen LogP) is 2.74. The number of hydrogen-bond acceptors (Lipinski definition) is 2. The number of urea groups is 1. The van der Waals surface area contributed by atoms with Crippen LogP contribution in [0.4, 0.5) is 9.18 Å². The van der Waals surface area contributed by atoms with E-state index in [1.54, 1.807) is 25.1 Å². The van der Waals surface area contributed by atoms with Gasteiger partial charge in [-0.15, -0.1) is 0 Å². The maximum Gasteiger partial charge on any atom is 0.320 e. The molecule has 2 aliphatic heterocycles. The quantitative estimate of drug-likeness (QED) is 0.815. The second-order valence-corrected chi connectivity index (χ2v) is 8.12. The Hall–Kier alpha value is -2.11. The molecule has 0 spiro atoms. The van der Waals surface area contributed by atoms with Gasteiger partial charge in [-0.3, -0.25) is 4.79 Å². The number of carbonyl (C=O) groups is 2. The minimum absolute atomic E-state index is 0.0504. The van der Waals surface area contributed by atoms with Gasteiger partial charge in [0.05, 0.1) is 6.04 Å². The molecule has 4 rings (SSSR count). The number of hydrogen-bond donors (Lipinski definition) is 0. The molecule has 1 saturated carbocycles. The molecular formula is C20H26FN3O2. The van der Waals surface area contributed by atoms with Gasteiger partial charge in [-0.25, -0.2) is 9.18 Å². The van der Waals surface area contributed by atoms with Gasteiger partial charge < -0.3 is 14.7 Å². The molecule has 0 radical (unpaired) electrons. The number of halogens is 1. The molecule has 0 unspecified atom stereocenters. The average Bonchev–Trinajstić information content (AvgIpc) is 3.09. The SMILES string of the molecule is CN(C)C(=O)N1C[C@H]2CN(C(=O)C3CCC3)C[C@H]2[C@@H]1c1cccc(F)c1. The van der Waals surface area contributed by atoms with Gasteiger partial charge in [0.1, 0.15) is 5.82 Å². The lowest BCUT2D eigenvalue weighted by molar-refractivity contribution is -0.137. The molecule has 3 atom stereocenters. The molecule has 2 heterocycles. The van der Waals surface area contributed by atoms with E-state index < -0.39 is 0 Å². The van der Waals surface area contributed by atoms with Crippen molar-refractivity contribution in [1.29, 1.82) is 0 Å². The molecular weight excluding hydrogens is 333 g/mol. The summed E-state index contributed by atoms with van der Waals surface area (Å²) in [5, 5.41) is 0. The zero-order chi connectivity index (χ0) is 18.4. The van der Waals surface area contributed by atoms with E-state index >= 15 is 0 Å². The molecule has 1 aromatic carbocycles. The fourth-order valence-electron chi connectivity index (χ4n) is 4.71. The molecule has 2 saturated heterocycles. The first-order valence-electron chi connectivity index (χ1n) is 9.48. The van der Waals surface area contributed by atoms with Crippen molar-refractivity contribution in [3.05, 3.63) is 35.6 Å². The highest BCUT2D eigenvalue weighted by atomic mass is 19.1. The van der Waals surface area contributed by atoms with Crippen molar-refractivity contribution in [3.63, 3.8) is 0 Å². The van der Waals surface area contributed by atoms with E-state index in [2.05, 4.69) is 0 Å². The van der Waals surface area contributed by atoms with Crippen molar-refractivity contribution in [1.82, 2.24) is 14.7 Å². The van der Waals surface area contributed by atoms with Crippen LogP contribution in [0.5, 0.6) is 0 Å². The smallest absolute Gasteiger partial charge is 0.320 e. The number of benzene rings is 1. The molecule has 3 aliphatic rings. The summed E-state index contributed by atoms with van der Waals surface area (Å²) in [5.41, 5.74) is 0.825. The van der Waals surface area contributed by atoms with Crippen LogP contribution >= 0.6 is 0 Å². The Balaban J connectivity index is 1.60. The van der Waals surface area contributed by atoms with E-state index in [9.17, 15) is 14.0 Å². The highest BCUT2D eigenvalue weighted by molar-refractivity contribution is 5.80. The van der Waals surface area contributed by atoms with Crippen LogP contribution in [0.25, 0.3) is 0 Å². The monoisotopic (exact) mass is 359 g/mol. The number of nitrogens with zero attached hydrogens (tertiary/aromatic N) is 3. The topological polar surface area (TPSA) is 43.9 Å².